The van der Waals surface area contributed by atoms with Crippen LogP contribution in [0.25, 0.3) is 0 Å². The normalized spacial score (nSPS) is 16.9. The van der Waals surface area contributed by atoms with Gasteiger partial charge in [0.15, 0.2) is 0 Å². The van der Waals surface area contributed by atoms with Crippen LogP contribution in [0.3, 0.4) is 0 Å². The Kier molecular flexibility index (Phi) is 2.91. The Hall–Kier alpha value is -1.79. The third-order valence-corrected chi connectivity index (χ3v) is 2.54. The van der Waals surface area contributed by atoms with E-state index in [1.54, 1.807) is 4.90 Å². The van der Waals surface area contributed by atoms with Gasteiger partial charge in [-0.05, 0) is 6.42 Å². The monoisotopic (exact) mass is 244 g/mol. The number of halogens is 3. The predicted molar refractivity (Wildman–Crippen MR) is 57.4 cm³/mol. The summed E-state index contributed by atoms with van der Waals surface area (Å²) in [6.45, 7) is 0.441. The number of anilines is 2. The van der Waals surface area contributed by atoms with E-state index in [0.29, 0.717) is 5.82 Å². The molecule has 0 bridgehead atoms. The van der Waals surface area contributed by atoms with Crippen LogP contribution >= 0.6 is 0 Å². The summed E-state index contributed by atoms with van der Waals surface area (Å²) in [7, 11) is 0. The molecule has 1 aromatic heterocycles. The van der Waals surface area contributed by atoms with Gasteiger partial charge >= 0.3 is 6.18 Å². The number of nitrogens with zero attached hydrogens (tertiary/aromatic N) is 3. The van der Waals surface area contributed by atoms with E-state index in [4.69, 9.17) is 5.73 Å². The molecule has 4 nitrogen and oxygen atoms in total. The maximum Gasteiger partial charge on any atom is 0.412 e. The van der Waals surface area contributed by atoms with E-state index >= 15 is 0 Å². The van der Waals surface area contributed by atoms with Crippen molar-refractivity contribution in [3.05, 3.63) is 24.0 Å². The Morgan fingerprint density at radius 1 is 1.29 bits per heavy atom. The molecule has 0 radical (unpaired) electrons. The minimum atomic E-state index is -4.23. The molecule has 0 fully saturated rings. The lowest BCUT2D eigenvalue weighted by Crippen LogP contribution is -2.32. The van der Waals surface area contributed by atoms with Crippen molar-refractivity contribution in [3.63, 3.8) is 0 Å². The molecule has 0 saturated carbocycles. The van der Waals surface area contributed by atoms with Crippen molar-refractivity contribution in [2.75, 3.05) is 23.7 Å². The predicted octanol–water partition coefficient (Wildman–Crippen LogP) is 1.76. The number of rotatable bonds is 1. The highest BCUT2D eigenvalue weighted by atomic mass is 19.4. The second kappa shape index (κ2) is 4.23. The third kappa shape index (κ3) is 2.66. The van der Waals surface area contributed by atoms with Gasteiger partial charge in [0, 0.05) is 18.7 Å². The van der Waals surface area contributed by atoms with Crippen molar-refractivity contribution in [1.29, 1.82) is 0 Å². The highest BCUT2D eigenvalue weighted by molar-refractivity contribution is 5.43. The van der Waals surface area contributed by atoms with E-state index < -0.39 is 11.7 Å². The quantitative estimate of drug-likeness (QED) is 0.765. The topological polar surface area (TPSA) is 55.0 Å². The van der Waals surface area contributed by atoms with E-state index in [0.717, 1.165) is 0 Å². The zero-order chi connectivity index (χ0) is 12.5. The number of nitrogen functional groups attached to an aromatic ring is 1. The van der Waals surface area contributed by atoms with Crippen molar-refractivity contribution in [2.45, 2.75) is 12.6 Å². The molecule has 2 N–H and O–H groups in total. The molecular weight excluding hydrogens is 233 g/mol. The second-order valence-electron chi connectivity index (χ2n) is 3.73. The summed E-state index contributed by atoms with van der Waals surface area (Å²) in [4.78, 5) is 9.58. The molecule has 0 aromatic carbocycles. The number of hydrogen-bond donors (Lipinski definition) is 1. The summed E-state index contributed by atoms with van der Waals surface area (Å²) in [6.07, 6.45) is -0.213. The lowest BCUT2D eigenvalue weighted by Gasteiger charge is -2.27. The Labute approximate surface area is 96.0 Å². The average Bonchev–Trinajstić information content (AvgIpc) is 2.28. The van der Waals surface area contributed by atoms with E-state index in [1.807, 2.05) is 0 Å². The van der Waals surface area contributed by atoms with Gasteiger partial charge in [0.25, 0.3) is 0 Å². The number of hydrogen-bond acceptors (Lipinski definition) is 4. The van der Waals surface area contributed by atoms with Crippen molar-refractivity contribution in [3.8, 4) is 0 Å². The fourth-order valence-corrected chi connectivity index (χ4v) is 1.66. The van der Waals surface area contributed by atoms with Gasteiger partial charge in [0.05, 0.1) is 12.4 Å². The number of aromatic nitrogens is 2. The molecule has 7 heteroatoms. The first kappa shape index (κ1) is 11.7. The first-order valence-corrected chi connectivity index (χ1v) is 5.05. The van der Waals surface area contributed by atoms with Crippen LogP contribution in [-0.2, 0) is 0 Å². The second-order valence-corrected chi connectivity index (χ2v) is 3.73. The molecule has 1 aliphatic heterocycles. The van der Waals surface area contributed by atoms with Crippen molar-refractivity contribution in [2.24, 2.45) is 0 Å². The van der Waals surface area contributed by atoms with Gasteiger partial charge in [-0.25, -0.2) is 4.98 Å². The highest BCUT2D eigenvalue weighted by Gasteiger charge is 2.34. The molecule has 0 unspecified atom stereocenters. The molecule has 92 valence electrons. The molecule has 1 aromatic rings. The average molecular weight is 244 g/mol. The molecule has 2 heterocycles. The van der Waals surface area contributed by atoms with Crippen LogP contribution in [-0.4, -0.2) is 29.2 Å². The lowest BCUT2D eigenvalue weighted by molar-refractivity contribution is -0.0944. The van der Waals surface area contributed by atoms with Crippen LogP contribution in [0.1, 0.15) is 6.42 Å². The molecule has 0 amide bonds. The minimum absolute atomic E-state index is 0.0417. The van der Waals surface area contributed by atoms with E-state index in [9.17, 15) is 13.2 Å². The fourth-order valence-electron chi connectivity index (χ4n) is 1.66. The van der Waals surface area contributed by atoms with E-state index in [2.05, 4.69) is 9.97 Å². The molecule has 0 spiro atoms. The summed E-state index contributed by atoms with van der Waals surface area (Å²) >= 11 is 0. The van der Waals surface area contributed by atoms with Gasteiger partial charge in [-0.15, -0.1) is 0 Å². The van der Waals surface area contributed by atoms with Crippen LogP contribution in [0.4, 0.5) is 24.8 Å². The van der Waals surface area contributed by atoms with Gasteiger partial charge in [0.1, 0.15) is 11.6 Å². The zero-order valence-electron chi connectivity index (χ0n) is 8.91. The van der Waals surface area contributed by atoms with Crippen LogP contribution in [0.5, 0.6) is 0 Å². The van der Waals surface area contributed by atoms with Crippen molar-refractivity contribution in [1.82, 2.24) is 9.97 Å². The molecular formula is C10H11F3N4. The van der Waals surface area contributed by atoms with Gasteiger partial charge in [-0.1, -0.05) is 6.08 Å². The van der Waals surface area contributed by atoms with E-state index in [-0.39, 0.29) is 25.3 Å². The molecule has 0 aliphatic carbocycles. The summed E-state index contributed by atoms with van der Waals surface area (Å²) in [5.41, 5.74) is 4.99. The summed E-state index contributed by atoms with van der Waals surface area (Å²) < 4.78 is 37.2. The standard InChI is InChI=1S/C10H11F3N4/c11-10(12,13)7-1-3-17(4-2-7)9-6-15-5-8(14)16-9/h1,5-6H,2-4H2,(H2,14,16). The Bertz CT molecular complexity index is 441. The number of alkyl halides is 3. The zero-order valence-corrected chi connectivity index (χ0v) is 8.91. The maximum atomic E-state index is 12.4. The van der Waals surface area contributed by atoms with Crippen molar-refractivity contribution < 1.29 is 13.2 Å². The fraction of sp³-hybridized carbons (Fsp3) is 0.400. The SMILES string of the molecule is Nc1cncc(N2CC=C(C(F)(F)F)CC2)n1. The molecule has 17 heavy (non-hydrogen) atoms. The Balaban J connectivity index is 2.12. The van der Waals surface area contributed by atoms with E-state index in [1.165, 1.54) is 18.5 Å². The largest absolute Gasteiger partial charge is 0.412 e. The smallest absolute Gasteiger partial charge is 0.382 e. The van der Waals surface area contributed by atoms with Crippen molar-refractivity contribution >= 4 is 11.6 Å². The van der Waals surface area contributed by atoms with Crippen LogP contribution in [0.2, 0.25) is 0 Å². The highest BCUT2D eigenvalue weighted by Crippen LogP contribution is 2.30. The summed E-state index contributed by atoms with van der Waals surface area (Å²) in [5.74, 6) is 0.760. The van der Waals surface area contributed by atoms with Crippen LogP contribution < -0.4 is 10.6 Å². The number of nitrogens with two attached hydrogens (primary N) is 1. The first-order valence-electron chi connectivity index (χ1n) is 5.05. The lowest BCUT2D eigenvalue weighted by atomic mass is 10.1. The molecule has 1 aliphatic rings. The third-order valence-electron chi connectivity index (χ3n) is 2.54. The van der Waals surface area contributed by atoms with Gasteiger partial charge in [-0.3, -0.25) is 4.98 Å². The molecule has 0 atom stereocenters. The van der Waals surface area contributed by atoms with Crippen LogP contribution in [0.15, 0.2) is 24.0 Å². The Morgan fingerprint density at radius 3 is 2.59 bits per heavy atom. The summed E-state index contributed by atoms with van der Waals surface area (Å²) in [6, 6.07) is 0. The van der Waals surface area contributed by atoms with Gasteiger partial charge in [-0.2, -0.15) is 13.2 Å². The van der Waals surface area contributed by atoms with Crippen LogP contribution in [0, 0.1) is 0 Å². The van der Waals surface area contributed by atoms with Gasteiger partial charge < -0.3 is 10.6 Å². The molecule has 0 saturated heterocycles. The summed E-state index contributed by atoms with van der Waals surface area (Å²) in [5, 5.41) is 0. The maximum absolute atomic E-state index is 12.4. The van der Waals surface area contributed by atoms with Gasteiger partial charge in [0.2, 0.25) is 0 Å². The Morgan fingerprint density at radius 2 is 2.06 bits per heavy atom. The first-order chi connectivity index (χ1) is 7.97. The molecule has 2 rings (SSSR count). The minimum Gasteiger partial charge on any atom is -0.382 e.